The third kappa shape index (κ3) is 3.06. The summed E-state index contributed by atoms with van der Waals surface area (Å²) in [4.78, 5) is 14.0. The molecule has 0 aliphatic carbocycles. The van der Waals surface area contributed by atoms with E-state index in [0.717, 1.165) is 7.11 Å². The molecule has 0 aliphatic heterocycles. The molecule has 0 fully saturated rings. The quantitative estimate of drug-likeness (QED) is 0.448. The zero-order valence-corrected chi connectivity index (χ0v) is 10.8. The summed E-state index contributed by atoms with van der Waals surface area (Å²) in [6, 6.07) is 0.513. The molecule has 0 spiro atoms. The first-order valence-electron chi connectivity index (χ1n) is 4.32. The molecule has 1 rings (SSSR count). The molecule has 0 aromatic carbocycles. The maximum absolute atomic E-state index is 12.6. The topological polar surface area (TPSA) is 39.2 Å². The highest BCUT2D eigenvalue weighted by molar-refractivity contribution is 14.1. The SMILES string of the molecule is COC(=O)c1c(I)cc(C(F)(F)F)nc1C(F)F. The average Bonchev–Trinajstić information content (AvgIpc) is 2.25. The number of alkyl halides is 5. The predicted octanol–water partition coefficient (Wildman–Crippen LogP) is 3.43. The summed E-state index contributed by atoms with van der Waals surface area (Å²) < 4.78 is 66.4. The number of pyridine rings is 1. The van der Waals surface area contributed by atoms with Gasteiger partial charge in [-0.15, -0.1) is 0 Å². The van der Waals surface area contributed by atoms with Crippen molar-refractivity contribution >= 4 is 28.6 Å². The van der Waals surface area contributed by atoms with E-state index in [1.165, 1.54) is 22.6 Å². The molecule has 1 aromatic rings. The van der Waals surface area contributed by atoms with Gasteiger partial charge in [0.15, 0.2) is 0 Å². The summed E-state index contributed by atoms with van der Waals surface area (Å²) in [7, 11) is 0.936. The molecule has 3 nitrogen and oxygen atoms in total. The number of halogens is 6. The fraction of sp³-hybridized carbons (Fsp3) is 0.333. The predicted molar refractivity (Wildman–Crippen MR) is 58.3 cm³/mol. The zero-order chi connectivity index (χ0) is 14.1. The standard InChI is InChI=1S/C9H5F5INO2/c1-18-8(17)5-3(15)2-4(9(12,13)14)16-6(5)7(10)11/h2,7H,1H3. The van der Waals surface area contributed by atoms with Gasteiger partial charge in [-0.05, 0) is 28.7 Å². The highest BCUT2D eigenvalue weighted by atomic mass is 127. The van der Waals surface area contributed by atoms with Crippen LogP contribution < -0.4 is 0 Å². The Morgan fingerprint density at radius 1 is 1.44 bits per heavy atom. The summed E-state index contributed by atoms with van der Waals surface area (Å²) in [6.07, 6.45) is -8.17. The average molecular weight is 381 g/mol. The fourth-order valence-electron chi connectivity index (χ4n) is 1.14. The molecule has 1 aromatic heterocycles. The van der Waals surface area contributed by atoms with Gasteiger partial charge in [-0.1, -0.05) is 0 Å². The Labute approximate surface area is 111 Å². The first-order valence-corrected chi connectivity index (χ1v) is 5.40. The van der Waals surface area contributed by atoms with Crippen LogP contribution in [0.2, 0.25) is 0 Å². The van der Waals surface area contributed by atoms with Crippen LogP contribution in [0.3, 0.4) is 0 Å². The highest BCUT2D eigenvalue weighted by Gasteiger charge is 2.36. The van der Waals surface area contributed by atoms with Gasteiger partial charge in [0.1, 0.15) is 17.0 Å². The third-order valence-electron chi connectivity index (χ3n) is 1.89. The van der Waals surface area contributed by atoms with E-state index in [9.17, 15) is 26.7 Å². The number of methoxy groups -OCH3 is 1. The molecule has 100 valence electrons. The van der Waals surface area contributed by atoms with Gasteiger partial charge in [0.25, 0.3) is 6.43 Å². The Hall–Kier alpha value is -1.00. The van der Waals surface area contributed by atoms with Gasteiger partial charge >= 0.3 is 12.1 Å². The number of hydrogen-bond donors (Lipinski definition) is 0. The minimum atomic E-state index is -4.86. The molecule has 0 radical (unpaired) electrons. The summed E-state index contributed by atoms with van der Waals surface area (Å²) in [6.45, 7) is 0. The maximum atomic E-state index is 12.6. The monoisotopic (exact) mass is 381 g/mol. The van der Waals surface area contributed by atoms with Crippen LogP contribution >= 0.6 is 22.6 Å². The van der Waals surface area contributed by atoms with E-state index in [-0.39, 0.29) is 3.57 Å². The van der Waals surface area contributed by atoms with Gasteiger partial charge < -0.3 is 4.74 Å². The van der Waals surface area contributed by atoms with Crippen LogP contribution in [0.15, 0.2) is 6.07 Å². The number of ether oxygens (including phenoxy) is 1. The van der Waals surface area contributed by atoms with Crippen LogP contribution in [-0.2, 0) is 10.9 Å². The van der Waals surface area contributed by atoms with E-state index in [0.29, 0.717) is 6.07 Å². The van der Waals surface area contributed by atoms with Crippen LogP contribution in [0.25, 0.3) is 0 Å². The molecule has 0 aliphatic rings. The molecule has 0 N–H and O–H groups in total. The van der Waals surface area contributed by atoms with Crippen molar-refractivity contribution in [2.45, 2.75) is 12.6 Å². The second kappa shape index (κ2) is 5.33. The van der Waals surface area contributed by atoms with Crippen molar-refractivity contribution in [2.24, 2.45) is 0 Å². The Morgan fingerprint density at radius 2 is 2.00 bits per heavy atom. The summed E-state index contributed by atoms with van der Waals surface area (Å²) in [5.41, 5.74) is -3.36. The molecule has 0 amide bonds. The second-order valence-corrected chi connectivity index (χ2v) is 4.20. The number of nitrogens with zero attached hydrogens (tertiary/aromatic N) is 1. The van der Waals surface area contributed by atoms with Crippen LogP contribution in [0.5, 0.6) is 0 Å². The van der Waals surface area contributed by atoms with E-state index in [1.54, 1.807) is 0 Å². The van der Waals surface area contributed by atoms with Crippen molar-refractivity contribution in [3.63, 3.8) is 0 Å². The normalized spacial score (nSPS) is 11.8. The lowest BCUT2D eigenvalue weighted by atomic mass is 10.1. The largest absolute Gasteiger partial charge is 0.465 e. The van der Waals surface area contributed by atoms with E-state index in [1.807, 2.05) is 0 Å². The molecule has 18 heavy (non-hydrogen) atoms. The van der Waals surface area contributed by atoms with Gasteiger partial charge in [0.05, 0.1) is 7.11 Å². The van der Waals surface area contributed by atoms with Gasteiger partial charge in [-0.3, -0.25) is 0 Å². The van der Waals surface area contributed by atoms with Gasteiger partial charge in [0.2, 0.25) is 0 Å². The molecular weight excluding hydrogens is 376 g/mol. The molecule has 0 saturated heterocycles. The lowest BCUT2D eigenvalue weighted by Gasteiger charge is -2.12. The number of carbonyl (C=O) groups is 1. The first-order chi connectivity index (χ1) is 8.18. The van der Waals surface area contributed by atoms with Crippen molar-refractivity contribution in [3.8, 4) is 0 Å². The molecule has 0 unspecified atom stereocenters. The number of carbonyl (C=O) groups excluding carboxylic acids is 1. The van der Waals surface area contributed by atoms with Crippen LogP contribution in [0.1, 0.15) is 28.2 Å². The van der Waals surface area contributed by atoms with Crippen LogP contribution in [0, 0.1) is 3.57 Å². The number of rotatable bonds is 2. The Bertz CT molecular complexity index is 475. The zero-order valence-electron chi connectivity index (χ0n) is 8.69. The molecule has 9 heteroatoms. The summed E-state index contributed by atoms with van der Waals surface area (Å²) in [5, 5.41) is 0. The van der Waals surface area contributed by atoms with E-state index >= 15 is 0 Å². The summed E-state index contributed by atoms with van der Waals surface area (Å²) >= 11 is 1.35. The van der Waals surface area contributed by atoms with E-state index < -0.39 is 35.5 Å². The molecular formula is C9H5F5INO2. The molecule has 1 heterocycles. The van der Waals surface area contributed by atoms with Gasteiger partial charge in [-0.2, -0.15) is 13.2 Å². The Balaban J connectivity index is 3.51. The smallest absolute Gasteiger partial charge is 0.433 e. The minimum Gasteiger partial charge on any atom is -0.465 e. The summed E-state index contributed by atoms with van der Waals surface area (Å²) in [5.74, 6) is -1.16. The number of esters is 1. The lowest BCUT2D eigenvalue weighted by molar-refractivity contribution is -0.141. The fourth-order valence-corrected chi connectivity index (χ4v) is 1.93. The van der Waals surface area contributed by atoms with Gasteiger partial charge in [-0.25, -0.2) is 18.6 Å². The molecule has 0 bridgehead atoms. The van der Waals surface area contributed by atoms with Crippen molar-refractivity contribution in [3.05, 3.63) is 26.6 Å². The van der Waals surface area contributed by atoms with E-state index in [4.69, 9.17) is 0 Å². The van der Waals surface area contributed by atoms with Crippen molar-refractivity contribution in [2.75, 3.05) is 7.11 Å². The van der Waals surface area contributed by atoms with Crippen molar-refractivity contribution in [1.29, 1.82) is 0 Å². The Morgan fingerprint density at radius 3 is 2.39 bits per heavy atom. The maximum Gasteiger partial charge on any atom is 0.433 e. The third-order valence-corrected chi connectivity index (χ3v) is 2.74. The molecule has 0 atom stereocenters. The highest BCUT2D eigenvalue weighted by Crippen LogP contribution is 2.33. The minimum absolute atomic E-state index is 0.294. The first kappa shape index (κ1) is 15.1. The van der Waals surface area contributed by atoms with Gasteiger partial charge in [0, 0.05) is 3.57 Å². The second-order valence-electron chi connectivity index (χ2n) is 3.04. The van der Waals surface area contributed by atoms with Crippen LogP contribution in [0.4, 0.5) is 22.0 Å². The number of hydrogen-bond acceptors (Lipinski definition) is 3. The van der Waals surface area contributed by atoms with Crippen LogP contribution in [-0.4, -0.2) is 18.1 Å². The van der Waals surface area contributed by atoms with Crippen molar-refractivity contribution in [1.82, 2.24) is 4.98 Å². The number of aromatic nitrogens is 1. The molecule has 0 saturated carbocycles. The Kier molecular flexibility index (Phi) is 4.46. The van der Waals surface area contributed by atoms with Crippen molar-refractivity contribution < 1.29 is 31.5 Å². The van der Waals surface area contributed by atoms with E-state index in [2.05, 4.69) is 9.72 Å². The lowest BCUT2D eigenvalue weighted by Crippen LogP contribution is -2.16.